The molecule has 0 aliphatic rings. The smallest absolute Gasteiger partial charge is 0.314 e. The molecule has 1 N–H and O–H groups in total. The molecule has 0 aliphatic carbocycles. The van der Waals surface area contributed by atoms with E-state index in [1.54, 1.807) is 0 Å². The predicted octanol–water partition coefficient (Wildman–Crippen LogP) is 2.10. The molecule has 0 aliphatic heterocycles. The average molecular weight is 146 g/mol. The predicted molar refractivity (Wildman–Crippen MR) is 37.9 cm³/mol. The summed E-state index contributed by atoms with van der Waals surface area (Å²) in [5.41, 5.74) is 0. The first-order valence-electron chi connectivity index (χ1n) is 2.75. The monoisotopic (exact) mass is 146 g/mol. The summed E-state index contributed by atoms with van der Waals surface area (Å²) >= 11 is 4.64. The molecule has 0 unspecified atom stereocenters. The summed E-state index contributed by atoms with van der Waals surface area (Å²) in [5.74, 6) is 1.16. The highest BCUT2D eigenvalue weighted by atomic mass is 32.1. The molecule has 1 rings (SSSR count). The molecule has 0 aromatic carbocycles. The minimum Gasteiger partial charge on any atom is -0.348 e. The highest BCUT2D eigenvalue weighted by molar-refractivity contribution is 7.71. The topological polar surface area (TPSA) is 41.8 Å². The van der Waals surface area contributed by atoms with Crippen LogP contribution in [0, 0.1) is 4.84 Å². The average Bonchev–Trinajstić information content (AvgIpc) is 2.14. The summed E-state index contributed by atoms with van der Waals surface area (Å²) in [5, 5.41) is 2.61. The second-order valence-corrected chi connectivity index (χ2v) is 2.47. The normalized spacial score (nSPS) is 10.6. The molecule has 0 spiro atoms. The third kappa shape index (κ3) is 1.38. The molecule has 0 saturated carbocycles. The van der Waals surface area contributed by atoms with Crippen molar-refractivity contribution in [3.05, 3.63) is 10.7 Å². The van der Waals surface area contributed by atoms with Gasteiger partial charge in [-0.3, -0.25) is 0 Å². The van der Waals surface area contributed by atoms with Crippen molar-refractivity contribution in [1.82, 2.24) is 10.1 Å². The van der Waals surface area contributed by atoms with Crippen molar-refractivity contribution < 1.29 is 5.95 Å². The van der Waals surface area contributed by atoms with Gasteiger partial charge in [0.25, 0.3) is 0 Å². The third-order valence-corrected chi connectivity index (χ3v) is 1.18. The zero-order valence-electron chi connectivity index (χ0n) is 5.34. The SMILES string of the molecule is CC(C)c1nc(=S)o[nH]1.[HH]. The quantitative estimate of drug-likeness (QED) is 0.617. The van der Waals surface area contributed by atoms with Gasteiger partial charge in [-0.2, -0.15) is 4.98 Å². The van der Waals surface area contributed by atoms with Crippen LogP contribution in [0.1, 0.15) is 27.0 Å². The van der Waals surface area contributed by atoms with E-state index in [0.29, 0.717) is 5.92 Å². The van der Waals surface area contributed by atoms with Crippen LogP contribution in [0.4, 0.5) is 0 Å². The van der Waals surface area contributed by atoms with Gasteiger partial charge in [0.2, 0.25) is 0 Å². The Balaban J connectivity index is 0.000000810. The third-order valence-electron chi connectivity index (χ3n) is 1.00. The van der Waals surface area contributed by atoms with Gasteiger partial charge in [0, 0.05) is 7.34 Å². The molecule has 3 nitrogen and oxygen atoms in total. The van der Waals surface area contributed by atoms with Crippen molar-refractivity contribution in [2.45, 2.75) is 19.8 Å². The van der Waals surface area contributed by atoms with E-state index in [0.717, 1.165) is 5.82 Å². The van der Waals surface area contributed by atoms with E-state index in [4.69, 9.17) is 4.52 Å². The lowest BCUT2D eigenvalue weighted by Gasteiger charge is -1.92. The van der Waals surface area contributed by atoms with Gasteiger partial charge in [-0.25, -0.2) is 5.16 Å². The van der Waals surface area contributed by atoms with Gasteiger partial charge in [0.1, 0.15) is 5.82 Å². The second kappa shape index (κ2) is 2.31. The van der Waals surface area contributed by atoms with E-state index in [9.17, 15) is 0 Å². The Morgan fingerprint density at radius 3 is 2.67 bits per heavy atom. The largest absolute Gasteiger partial charge is 0.348 e. The van der Waals surface area contributed by atoms with Gasteiger partial charge in [0.05, 0.1) is 0 Å². The highest BCUT2D eigenvalue weighted by Crippen LogP contribution is 2.06. The van der Waals surface area contributed by atoms with Crippen molar-refractivity contribution in [3.8, 4) is 0 Å². The van der Waals surface area contributed by atoms with Crippen LogP contribution in [0.5, 0.6) is 0 Å². The van der Waals surface area contributed by atoms with Crippen molar-refractivity contribution >= 4 is 12.2 Å². The molecule has 9 heavy (non-hydrogen) atoms. The fourth-order valence-corrected chi connectivity index (χ4v) is 0.627. The molecule has 1 aromatic heterocycles. The van der Waals surface area contributed by atoms with Crippen molar-refractivity contribution in [2.24, 2.45) is 0 Å². The molecule has 0 bridgehead atoms. The lowest BCUT2D eigenvalue weighted by Crippen LogP contribution is -1.88. The minimum absolute atomic E-state index is 0. The van der Waals surface area contributed by atoms with Crippen molar-refractivity contribution in [1.29, 1.82) is 0 Å². The lowest BCUT2D eigenvalue weighted by atomic mass is 10.2. The summed E-state index contributed by atoms with van der Waals surface area (Å²) in [6.45, 7) is 4.03. The van der Waals surface area contributed by atoms with E-state index >= 15 is 0 Å². The second-order valence-electron chi connectivity index (χ2n) is 2.12. The zero-order valence-corrected chi connectivity index (χ0v) is 6.16. The van der Waals surface area contributed by atoms with Crippen molar-refractivity contribution in [3.63, 3.8) is 0 Å². The maximum absolute atomic E-state index is 4.70. The molecule has 0 amide bonds. The molecule has 1 heterocycles. The van der Waals surface area contributed by atoms with Gasteiger partial charge in [-0.1, -0.05) is 13.8 Å². The van der Waals surface area contributed by atoms with Gasteiger partial charge in [-0.15, -0.1) is 0 Å². The number of nitrogens with zero attached hydrogens (tertiary/aromatic N) is 1. The van der Waals surface area contributed by atoms with E-state index in [2.05, 4.69) is 22.4 Å². The van der Waals surface area contributed by atoms with Gasteiger partial charge < -0.3 is 4.52 Å². The Kier molecular flexibility index (Phi) is 1.66. The summed E-state index contributed by atoms with van der Waals surface area (Å²) < 4.78 is 4.70. The Bertz CT molecular complexity index is 242. The van der Waals surface area contributed by atoms with Crippen molar-refractivity contribution in [2.75, 3.05) is 0 Å². The Labute approximate surface area is 59.6 Å². The minimum atomic E-state index is 0. The molecular formula is C5H10N2OS. The van der Waals surface area contributed by atoms with Crippen LogP contribution in [0.25, 0.3) is 0 Å². The maximum atomic E-state index is 4.70. The van der Waals surface area contributed by atoms with Gasteiger partial charge >= 0.3 is 4.84 Å². The van der Waals surface area contributed by atoms with E-state index in [-0.39, 0.29) is 6.26 Å². The number of H-pyrrole nitrogens is 1. The first kappa shape index (κ1) is 6.48. The Morgan fingerprint density at radius 2 is 2.44 bits per heavy atom. The standard InChI is InChI=1S/C5H8N2OS.H2/c1-3(2)4-6-5(9)8-7-4;/h3H,1-2H3,(H,6,7,9);1H. The summed E-state index contributed by atoms with van der Waals surface area (Å²) in [4.78, 5) is 4.18. The summed E-state index contributed by atoms with van der Waals surface area (Å²) in [6, 6.07) is 0. The molecule has 1 aromatic rings. The summed E-state index contributed by atoms with van der Waals surface area (Å²) in [7, 11) is 0. The first-order valence-corrected chi connectivity index (χ1v) is 3.16. The van der Waals surface area contributed by atoms with E-state index in [1.165, 1.54) is 0 Å². The van der Waals surface area contributed by atoms with E-state index in [1.807, 2.05) is 13.8 Å². The van der Waals surface area contributed by atoms with Crippen LogP contribution in [-0.4, -0.2) is 10.1 Å². The van der Waals surface area contributed by atoms with Gasteiger partial charge in [0.15, 0.2) is 0 Å². The van der Waals surface area contributed by atoms with Crippen LogP contribution in [0.3, 0.4) is 0 Å². The fourth-order valence-electron chi connectivity index (χ4n) is 0.487. The maximum Gasteiger partial charge on any atom is 0.314 e. The van der Waals surface area contributed by atoms with Crippen LogP contribution in [0.15, 0.2) is 4.52 Å². The Morgan fingerprint density at radius 1 is 1.78 bits per heavy atom. The van der Waals surface area contributed by atoms with Gasteiger partial charge in [-0.05, 0) is 12.2 Å². The van der Waals surface area contributed by atoms with Crippen LogP contribution < -0.4 is 0 Å². The van der Waals surface area contributed by atoms with Crippen LogP contribution >= 0.6 is 12.2 Å². The Hall–Kier alpha value is -0.640. The zero-order chi connectivity index (χ0) is 6.85. The molecule has 0 fully saturated rings. The molecular weight excluding hydrogens is 136 g/mol. The number of hydrogen-bond acceptors (Lipinski definition) is 3. The summed E-state index contributed by atoms with van der Waals surface area (Å²) in [6.07, 6.45) is 0. The number of nitrogens with one attached hydrogen (secondary N) is 1. The molecule has 52 valence electrons. The molecule has 0 atom stereocenters. The molecule has 4 heteroatoms. The number of aromatic amines is 1. The van der Waals surface area contributed by atoms with Crippen LogP contribution in [0.2, 0.25) is 0 Å². The van der Waals surface area contributed by atoms with Crippen LogP contribution in [-0.2, 0) is 0 Å². The molecule has 0 saturated heterocycles. The van der Waals surface area contributed by atoms with E-state index < -0.39 is 0 Å². The number of aromatic nitrogens is 2. The lowest BCUT2D eigenvalue weighted by molar-refractivity contribution is 0.396. The molecule has 0 radical (unpaired) electrons. The fraction of sp³-hybridized carbons (Fsp3) is 0.600. The first-order chi connectivity index (χ1) is 4.20. The number of rotatable bonds is 1. The highest BCUT2D eigenvalue weighted by Gasteiger charge is 2.01. The number of hydrogen-bond donors (Lipinski definition) is 1.